The zero-order valence-corrected chi connectivity index (χ0v) is 13.0. The van der Waals surface area contributed by atoms with Crippen LogP contribution in [-0.2, 0) is 23.9 Å². The van der Waals surface area contributed by atoms with E-state index >= 15 is 0 Å². The third-order valence-electron chi connectivity index (χ3n) is 3.84. The van der Waals surface area contributed by atoms with Gasteiger partial charge in [0.2, 0.25) is 0 Å². The molecule has 124 valence electrons. The van der Waals surface area contributed by atoms with Crippen molar-refractivity contribution in [2.75, 3.05) is 32.9 Å². The number of hydrogen-bond acceptors (Lipinski definition) is 7. The molecule has 0 aromatic rings. The fourth-order valence-electron chi connectivity index (χ4n) is 2.50. The Morgan fingerprint density at radius 3 is 2.61 bits per heavy atom. The minimum Gasteiger partial charge on any atom is -0.449 e. The lowest BCUT2D eigenvalue weighted by Gasteiger charge is -2.26. The van der Waals surface area contributed by atoms with E-state index < -0.39 is 17.7 Å². The van der Waals surface area contributed by atoms with Crippen molar-refractivity contribution in [1.29, 1.82) is 0 Å². The molecule has 7 nitrogen and oxygen atoms in total. The second kappa shape index (κ2) is 7.94. The number of carbonyl (C=O) groups is 4. The molecule has 1 N–H and O–H groups in total. The average molecular weight is 320 g/mol. The molecule has 2 aliphatic rings. The molecule has 0 aromatic heterocycles. The summed E-state index contributed by atoms with van der Waals surface area (Å²) in [5.41, 5.74) is 0.0594. The first kappa shape index (κ1) is 17.2. The fraction of sp³-hybridized carbons (Fsp3) is 0.500. The highest BCUT2D eigenvalue weighted by Crippen LogP contribution is 2.21. The van der Waals surface area contributed by atoms with Gasteiger partial charge < -0.3 is 10.1 Å². The Bertz CT molecular complexity index is 573. The molecule has 2 rings (SSSR count). The summed E-state index contributed by atoms with van der Waals surface area (Å²) in [5.74, 6) is -2.61. The smallest absolute Gasteiger partial charge is 0.308 e. The van der Waals surface area contributed by atoms with Crippen LogP contribution in [0.5, 0.6) is 0 Å². The van der Waals surface area contributed by atoms with E-state index in [1.807, 2.05) is 4.90 Å². The Kier molecular flexibility index (Phi) is 5.95. The summed E-state index contributed by atoms with van der Waals surface area (Å²) < 4.78 is 5.18. The molecule has 0 radical (unpaired) electrons. The van der Waals surface area contributed by atoms with Gasteiger partial charge in [0.05, 0.1) is 12.3 Å². The van der Waals surface area contributed by atoms with Crippen LogP contribution in [0.3, 0.4) is 0 Å². The first-order chi connectivity index (χ1) is 11.0. The molecule has 1 aliphatic heterocycles. The van der Waals surface area contributed by atoms with Crippen LogP contribution in [0, 0.1) is 5.92 Å². The van der Waals surface area contributed by atoms with Gasteiger partial charge >= 0.3 is 5.97 Å². The fourth-order valence-corrected chi connectivity index (χ4v) is 2.50. The summed E-state index contributed by atoms with van der Waals surface area (Å²) in [4.78, 5) is 49.0. The Hall–Kier alpha value is -2.12. The number of Topliss-reactive ketones (excluding diaryl/α,β-unsaturated/α-hetero) is 1. The molecule has 0 unspecified atom stereocenters. The molecular weight excluding hydrogens is 300 g/mol. The van der Waals surface area contributed by atoms with Crippen molar-refractivity contribution in [3.8, 4) is 0 Å². The van der Waals surface area contributed by atoms with E-state index in [-0.39, 0.29) is 30.3 Å². The van der Waals surface area contributed by atoms with E-state index in [4.69, 9.17) is 4.74 Å². The van der Waals surface area contributed by atoms with Crippen LogP contribution in [0.1, 0.15) is 13.3 Å². The second-order valence-corrected chi connectivity index (χ2v) is 5.58. The Labute approximate surface area is 134 Å². The van der Waals surface area contributed by atoms with Crippen LogP contribution in [0.4, 0.5) is 0 Å². The molecule has 1 atom stereocenters. The van der Waals surface area contributed by atoms with Gasteiger partial charge in [-0.1, -0.05) is 0 Å². The van der Waals surface area contributed by atoms with E-state index in [9.17, 15) is 19.2 Å². The maximum atomic E-state index is 12.0. The molecule has 1 saturated heterocycles. The maximum Gasteiger partial charge on any atom is 0.308 e. The minimum atomic E-state index is -0.938. The molecule has 1 heterocycles. The molecule has 0 bridgehead atoms. The van der Waals surface area contributed by atoms with Gasteiger partial charge in [-0.15, -0.1) is 0 Å². The van der Waals surface area contributed by atoms with Crippen molar-refractivity contribution in [2.24, 2.45) is 5.92 Å². The van der Waals surface area contributed by atoms with Gasteiger partial charge in [-0.2, -0.15) is 0 Å². The van der Waals surface area contributed by atoms with Crippen molar-refractivity contribution < 1.29 is 23.9 Å². The number of nitrogens with one attached hydrogen (secondary N) is 1. The van der Waals surface area contributed by atoms with E-state index in [0.717, 1.165) is 44.4 Å². The highest BCUT2D eigenvalue weighted by molar-refractivity contribution is 6.19. The predicted octanol–water partition coefficient (Wildman–Crippen LogP) is -0.378. The predicted molar refractivity (Wildman–Crippen MR) is 81.4 cm³/mol. The second-order valence-electron chi connectivity index (χ2n) is 5.58. The number of rotatable bonds is 6. The number of piperazine rings is 1. The summed E-state index contributed by atoms with van der Waals surface area (Å²) in [5, 5.41) is 3.19. The van der Waals surface area contributed by atoms with Crippen molar-refractivity contribution >= 4 is 23.3 Å². The van der Waals surface area contributed by atoms with Gasteiger partial charge in [-0.25, -0.2) is 0 Å². The molecule has 0 spiro atoms. The highest BCUT2D eigenvalue weighted by Gasteiger charge is 2.29. The van der Waals surface area contributed by atoms with Crippen LogP contribution in [0.2, 0.25) is 0 Å². The van der Waals surface area contributed by atoms with Gasteiger partial charge in [0.25, 0.3) is 0 Å². The van der Waals surface area contributed by atoms with Gasteiger partial charge in [-0.05, 0) is 25.2 Å². The SMILES string of the molecule is CC(=O)[C@@H](CC(=O)OCN1CCNCC1)C1=CC(=O)C=CC1=O. The zero-order valence-electron chi connectivity index (χ0n) is 13.0. The number of esters is 1. The Morgan fingerprint density at radius 1 is 1.26 bits per heavy atom. The number of carbonyl (C=O) groups excluding carboxylic acids is 4. The number of hydrogen-bond donors (Lipinski definition) is 1. The lowest BCUT2D eigenvalue weighted by molar-refractivity contribution is -0.150. The lowest BCUT2D eigenvalue weighted by atomic mass is 9.86. The normalized spacial score (nSPS) is 20.1. The molecule has 0 aromatic carbocycles. The summed E-state index contributed by atoms with van der Waals surface area (Å²) in [6, 6.07) is 0. The first-order valence-electron chi connectivity index (χ1n) is 7.54. The van der Waals surface area contributed by atoms with E-state index in [0.29, 0.717) is 0 Å². The lowest BCUT2D eigenvalue weighted by Crippen LogP contribution is -2.44. The van der Waals surface area contributed by atoms with Crippen LogP contribution in [0.25, 0.3) is 0 Å². The highest BCUT2D eigenvalue weighted by atomic mass is 16.5. The van der Waals surface area contributed by atoms with E-state index in [1.54, 1.807) is 0 Å². The van der Waals surface area contributed by atoms with Gasteiger partial charge in [0, 0.05) is 31.8 Å². The molecule has 0 saturated carbocycles. The third-order valence-corrected chi connectivity index (χ3v) is 3.84. The maximum absolute atomic E-state index is 12.0. The van der Waals surface area contributed by atoms with Crippen LogP contribution < -0.4 is 5.32 Å². The summed E-state index contributed by atoms with van der Waals surface area (Å²) in [6.07, 6.45) is 3.16. The topological polar surface area (TPSA) is 92.8 Å². The van der Waals surface area contributed by atoms with E-state index in [1.165, 1.54) is 6.92 Å². The monoisotopic (exact) mass is 320 g/mol. The van der Waals surface area contributed by atoms with Gasteiger partial charge in [0.1, 0.15) is 12.5 Å². The average Bonchev–Trinajstić information content (AvgIpc) is 2.54. The standard InChI is InChI=1S/C16H20N2O5/c1-11(19)13(14-8-12(20)2-3-15(14)21)9-16(22)23-10-18-6-4-17-5-7-18/h2-3,8,13,17H,4-7,9-10H2,1H3/t13-/m1/s1. The van der Waals surface area contributed by atoms with Crippen molar-refractivity contribution in [3.63, 3.8) is 0 Å². The largest absolute Gasteiger partial charge is 0.449 e. The molecule has 1 fully saturated rings. The van der Waals surface area contributed by atoms with Crippen molar-refractivity contribution in [1.82, 2.24) is 10.2 Å². The molecule has 0 amide bonds. The van der Waals surface area contributed by atoms with Crippen molar-refractivity contribution in [2.45, 2.75) is 13.3 Å². The molecular formula is C16H20N2O5. The van der Waals surface area contributed by atoms with Crippen molar-refractivity contribution in [3.05, 3.63) is 23.8 Å². The number of allylic oxidation sites excluding steroid dienone is 4. The minimum absolute atomic E-state index is 0.0594. The summed E-state index contributed by atoms with van der Waals surface area (Å²) in [7, 11) is 0. The van der Waals surface area contributed by atoms with E-state index in [2.05, 4.69) is 5.32 Å². The number of ether oxygens (including phenoxy) is 1. The van der Waals surface area contributed by atoms with Gasteiger partial charge in [-0.3, -0.25) is 24.1 Å². The first-order valence-corrected chi connectivity index (χ1v) is 7.54. The molecule has 7 heteroatoms. The van der Waals surface area contributed by atoms with Gasteiger partial charge in [0.15, 0.2) is 11.6 Å². The van der Waals surface area contributed by atoms with Crippen LogP contribution in [0.15, 0.2) is 23.8 Å². The Morgan fingerprint density at radius 2 is 1.96 bits per heavy atom. The van der Waals surface area contributed by atoms with Crippen LogP contribution >= 0.6 is 0 Å². The third kappa shape index (κ3) is 4.94. The number of nitrogens with zero attached hydrogens (tertiary/aromatic N) is 1. The summed E-state index contributed by atoms with van der Waals surface area (Å²) >= 11 is 0. The number of ketones is 3. The van der Waals surface area contributed by atoms with Crippen LogP contribution in [-0.4, -0.2) is 61.1 Å². The zero-order chi connectivity index (χ0) is 16.8. The molecule has 23 heavy (non-hydrogen) atoms. The summed E-state index contributed by atoms with van der Waals surface area (Å²) in [6.45, 7) is 4.70. The molecule has 1 aliphatic carbocycles. The Balaban J connectivity index is 1.93. The quantitative estimate of drug-likeness (QED) is 0.527.